The van der Waals surface area contributed by atoms with Crippen molar-refractivity contribution < 1.29 is 10.2 Å². The lowest BCUT2D eigenvalue weighted by Crippen LogP contribution is -2.47. The van der Waals surface area contributed by atoms with E-state index < -0.39 is 5.54 Å². The van der Waals surface area contributed by atoms with Crippen molar-refractivity contribution in [2.45, 2.75) is 102 Å². The van der Waals surface area contributed by atoms with Gasteiger partial charge in [-0.1, -0.05) is 90.4 Å². The molecule has 0 unspecified atom stereocenters. The molecule has 0 aliphatic heterocycles. The number of aliphatic hydroxyl groups is 2. The quantitative estimate of drug-likeness (QED) is 0.361. The van der Waals surface area contributed by atoms with Crippen LogP contribution in [0.5, 0.6) is 0 Å². The Hall–Kier alpha value is 0.170. The molecule has 136 valence electrons. The minimum Gasteiger partial charge on any atom is -0.394 e. The van der Waals surface area contributed by atoms with Crippen LogP contribution in [0.25, 0.3) is 0 Å². The fraction of sp³-hybridized carbons (Fsp3) is 1.00. The van der Waals surface area contributed by atoms with Gasteiger partial charge in [-0.3, -0.25) is 0 Å². The fourth-order valence-corrected chi connectivity index (χ4v) is 2.70. The van der Waals surface area contributed by atoms with Crippen molar-refractivity contribution in [3.8, 4) is 0 Å². The molecule has 3 nitrogen and oxygen atoms in total. The van der Waals surface area contributed by atoms with E-state index in [1.165, 1.54) is 70.6 Å². The maximum Gasteiger partial charge on any atom is 0.0633 e. The van der Waals surface area contributed by atoms with Crippen LogP contribution in [0.2, 0.25) is 0 Å². The predicted molar refractivity (Wildman–Crippen MR) is 98.7 cm³/mol. The van der Waals surface area contributed by atoms with E-state index in [2.05, 4.69) is 6.92 Å². The molecule has 0 fully saturated rings. The summed E-state index contributed by atoms with van der Waals surface area (Å²) in [5.74, 6) is 0. The van der Waals surface area contributed by atoms with Gasteiger partial charge in [0.15, 0.2) is 0 Å². The summed E-state index contributed by atoms with van der Waals surface area (Å²) in [6, 6.07) is 0. The molecule has 0 saturated carbocycles. The standard InChI is InChI=1S/C18H39NO2.ClH/c1-2-3-4-5-6-7-8-9-10-11-12-13-14-15-18(19,16-20)17-21;/h20-21H,2-17,19H2,1H3;1H. The van der Waals surface area contributed by atoms with Gasteiger partial charge in [-0.15, -0.1) is 12.4 Å². The van der Waals surface area contributed by atoms with Crippen LogP contribution in [0.1, 0.15) is 96.8 Å². The smallest absolute Gasteiger partial charge is 0.0633 e. The average Bonchev–Trinajstić information content (AvgIpc) is 2.51. The van der Waals surface area contributed by atoms with Crippen molar-refractivity contribution in [3.05, 3.63) is 0 Å². The van der Waals surface area contributed by atoms with E-state index in [0.717, 1.165) is 19.3 Å². The van der Waals surface area contributed by atoms with Gasteiger partial charge >= 0.3 is 0 Å². The lowest BCUT2D eigenvalue weighted by atomic mass is 9.94. The number of nitrogens with two attached hydrogens (primary N) is 1. The molecule has 0 aliphatic rings. The van der Waals surface area contributed by atoms with Crippen LogP contribution in [0, 0.1) is 0 Å². The lowest BCUT2D eigenvalue weighted by Gasteiger charge is -2.24. The van der Waals surface area contributed by atoms with E-state index >= 15 is 0 Å². The first-order valence-corrected chi connectivity index (χ1v) is 9.19. The van der Waals surface area contributed by atoms with Gasteiger partial charge in [-0.2, -0.15) is 0 Å². The zero-order chi connectivity index (χ0) is 15.8. The van der Waals surface area contributed by atoms with Gasteiger partial charge < -0.3 is 15.9 Å². The third-order valence-corrected chi connectivity index (χ3v) is 4.41. The molecular weight excluding hydrogens is 298 g/mol. The number of hydrogen-bond acceptors (Lipinski definition) is 3. The van der Waals surface area contributed by atoms with Gasteiger partial charge in [0.1, 0.15) is 0 Å². The van der Waals surface area contributed by atoms with E-state index in [1.54, 1.807) is 0 Å². The highest BCUT2D eigenvalue weighted by Crippen LogP contribution is 2.15. The van der Waals surface area contributed by atoms with Gasteiger partial charge in [-0.05, 0) is 6.42 Å². The first kappa shape index (κ1) is 24.4. The molecule has 4 N–H and O–H groups in total. The molecule has 0 saturated heterocycles. The van der Waals surface area contributed by atoms with Gasteiger partial charge in [0, 0.05) is 0 Å². The molecule has 22 heavy (non-hydrogen) atoms. The van der Waals surface area contributed by atoms with Gasteiger partial charge in [-0.25, -0.2) is 0 Å². The van der Waals surface area contributed by atoms with E-state index in [4.69, 9.17) is 15.9 Å². The zero-order valence-corrected chi connectivity index (χ0v) is 15.5. The Morgan fingerprint density at radius 3 is 1.27 bits per heavy atom. The van der Waals surface area contributed by atoms with Crippen molar-refractivity contribution in [2.24, 2.45) is 5.73 Å². The maximum atomic E-state index is 9.09. The van der Waals surface area contributed by atoms with Crippen molar-refractivity contribution in [1.29, 1.82) is 0 Å². The van der Waals surface area contributed by atoms with E-state index in [9.17, 15) is 0 Å². The summed E-state index contributed by atoms with van der Waals surface area (Å²) < 4.78 is 0. The average molecular weight is 338 g/mol. The Morgan fingerprint density at radius 2 is 0.955 bits per heavy atom. The summed E-state index contributed by atoms with van der Waals surface area (Å²) >= 11 is 0. The summed E-state index contributed by atoms with van der Waals surface area (Å²) in [5.41, 5.74) is 5.07. The van der Waals surface area contributed by atoms with Crippen LogP contribution in [-0.2, 0) is 0 Å². The third kappa shape index (κ3) is 15.1. The highest BCUT2D eigenvalue weighted by atomic mass is 35.5. The van der Waals surface area contributed by atoms with Crippen LogP contribution in [0.4, 0.5) is 0 Å². The van der Waals surface area contributed by atoms with E-state index in [-0.39, 0.29) is 25.6 Å². The Labute approximate surface area is 144 Å². The Bertz CT molecular complexity index is 211. The largest absolute Gasteiger partial charge is 0.394 e. The first-order chi connectivity index (χ1) is 10.2. The summed E-state index contributed by atoms with van der Waals surface area (Å²) in [5, 5.41) is 18.2. The second-order valence-corrected chi connectivity index (χ2v) is 6.67. The Morgan fingerprint density at radius 1 is 0.636 bits per heavy atom. The number of halogens is 1. The second-order valence-electron chi connectivity index (χ2n) is 6.67. The first-order valence-electron chi connectivity index (χ1n) is 9.19. The normalized spacial score (nSPS) is 11.5. The van der Waals surface area contributed by atoms with E-state index in [0.29, 0.717) is 0 Å². The molecule has 4 heteroatoms. The highest BCUT2D eigenvalue weighted by Gasteiger charge is 2.21. The summed E-state index contributed by atoms with van der Waals surface area (Å²) in [6.07, 6.45) is 18.0. The summed E-state index contributed by atoms with van der Waals surface area (Å²) in [4.78, 5) is 0. The molecule has 0 rings (SSSR count). The number of aliphatic hydroxyl groups excluding tert-OH is 2. The molecule has 0 aromatic heterocycles. The zero-order valence-electron chi connectivity index (χ0n) is 14.7. The van der Waals surface area contributed by atoms with Crippen LogP contribution in [0.15, 0.2) is 0 Å². The van der Waals surface area contributed by atoms with Crippen molar-refractivity contribution in [1.82, 2.24) is 0 Å². The number of hydrogen-bond donors (Lipinski definition) is 3. The topological polar surface area (TPSA) is 66.5 Å². The van der Waals surface area contributed by atoms with Crippen molar-refractivity contribution in [3.63, 3.8) is 0 Å². The van der Waals surface area contributed by atoms with Gasteiger partial charge in [0.05, 0.1) is 18.8 Å². The molecular formula is C18H40ClNO2. The second kappa shape index (κ2) is 17.5. The van der Waals surface area contributed by atoms with Crippen LogP contribution in [-0.4, -0.2) is 29.0 Å². The van der Waals surface area contributed by atoms with Gasteiger partial charge in [0.2, 0.25) is 0 Å². The predicted octanol–water partition coefficient (Wildman–Crippen LogP) is 4.57. The minimum absolute atomic E-state index is 0. The van der Waals surface area contributed by atoms with Crippen LogP contribution >= 0.6 is 12.4 Å². The minimum atomic E-state index is -0.766. The molecule has 0 atom stereocenters. The van der Waals surface area contributed by atoms with Crippen LogP contribution in [0.3, 0.4) is 0 Å². The lowest BCUT2D eigenvalue weighted by molar-refractivity contribution is 0.112. The monoisotopic (exact) mass is 337 g/mol. The molecule has 0 aromatic carbocycles. The molecule has 0 spiro atoms. The molecule has 0 bridgehead atoms. The molecule has 0 heterocycles. The molecule has 0 radical (unpaired) electrons. The molecule has 0 aliphatic carbocycles. The fourth-order valence-electron chi connectivity index (χ4n) is 2.70. The third-order valence-electron chi connectivity index (χ3n) is 4.41. The summed E-state index contributed by atoms with van der Waals surface area (Å²) in [6.45, 7) is 2.02. The van der Waals surface area contributed by atoms with Gasteiger partial charge in [0.25, 0.3) is 0 Å². The van der Waals surface area contributed by atoms with Crippen molar-refractivity contribution in [2.75, 3.05) is 13.2 Å². The highest BCUT2D eigenvalue weighted by molar-refractivity contribution is 5.85. The molecule has 0 amide bonds. The Kier molecular flexibility index (Phi) is 19.5. The summed E-state index contributed by atoms with van der Waals surface area (Å²) in [7, 11) is 0. The van der Waals surface area contributed by atoms with E-state index in [1.807, 2.05) is 0 Å². The Balaban J connectivity index is 0. The van der Waals surface area contributed by atoms with Crippen LogP contribution < -0.4 is 5.73 Å². The molecule has 0 aromatic rings. The number of unbranched alkanes of at least 4 members (excludes halogenated alkanes) is 12. The number of rotatable bonds is 16. The SMILES string of the molecule is CCCCCCCCCCCCCCCC(N)(CO)CO.Cl. The van der Waals surface area contributed by atoms with Crippen molar-refractivity contribution >= 4 is 12.4 Å². The maximum absolute atomic E-state index is 9.09.